The van der Waals surface area contributed by atoms with Crippen molar-refractivity contribution in [2.24, 2.45) is 0 Å². The van der Waals surface area contributed by atoms with Crippen molar-refractivity contribution in [2.45, 2.75) is 4.90 Å². The number of nitrogens with zero attached hydrogens (tertiary/aromatic N) is 2. The smallest absolute Gasteiger partial charge is 0.274 e. The molecule has 1 fully saturated rings. The number of piperazine rings is 1. The number of amides is 1. The van der Waals surface area contributed by atoms with E-state index >= 15 is 0 Å². The molecule has 1 aliphatic rings. The van der Waals surface area contributed by atoms with Gasteiger partial charge in [-0.2, -0.15) is 4.31 Å². The van der Waals surface area contributed by atoms with Crippen LogP contribution in [0.25, 0.3) is 0 Å². The van der Waals surface area contributed by atoms with E-state index in [-0.39, 0.29) is 10.8 Å². The van der Waals surface area contributed by atoms with Gasteiger partial charge >= 0.3 is 0 Å². The molecule has 128 valence electrons. The number of rotatable bonds is 4. The molecule has 0 aromatic carbocycles. The lowest BCUT2D eigenvalue weighted by Gasteiger charge is -2.29. The summed E-state index contributed by atoms with van der Waals surface area (Å²) in [6.45, 7) is 2.06. The number of H-pyrrole nitrogens is 1. The van der Waals surface area contributed by atoms with Crippen molar-refractivity contribution < 1.29 is 18.2 Å². The van der Waals surface area contributed by atoms with Gasteiger partial charge < -0.3 is 5.32 Å². The number of pyridine rings is 1. The van der Waals surface area contributed by atoms with Gasteiger partial charge in [-0.1, -0.05) is 6.07 Å². The van der Waals surface area contributed by atoms with Gasteiger partial charge in [0.1, 0.15) is 0 Å². The monoisotopic (exact) mass is 367 g/mol. The Labute approximate surface area is 145 Å². The third-order valence-corrected chi connectivity index (χ3v) is 6.89. The number of aromatic amines is 1. The summed E-state index contributed by atoms with van der Waals surface area (Å²) in [5.41, 5.74) is 0. The van der Waals surface area contributed by atoms with Crippen LogP contribution in [0.1, 0.15) is 9.67 Å². The molecule has 2 aromatic heterocycles. The first-order valence-corrected chi connectivity index (χ1v) is 9.87. The summed E-state index contributed by atoms with van der Waals surface area (Å²) in [6, 6.07) is 7.26. The van der Waals surface area contributed by atoms with Crippen LogP contribution in [0.4, 0.5) is 5.82 Å². The second-order valence-corrected chi connectivity index (χ2v) is 8.21. The van der Waals surface area contributed by atoms with E-state index in [0.717, 1.165) is 17.2 Å². The van der Waals surface area contributed by atoms with E-state index in [0.29, 0.717) is 31.1 Å². The lowest BCUT2D eigenvalue weighted by molar-refractivity contribution is -0.364. The van der Waals surface area contributed by atoms with Crippen LogP contribution >= 0.6 is 11.3 Å². The molecule has 24 heavy (non-hydrogen) atoms. The van der Waals surface area contributed by atoms with Crippen molar-refractivity contribution in [2.75, 3.05) is 38.1 Å². The number of carbonyl (C=O) groups excluding carboxylic acids is 1. The van der Waals surface area contributed by atoms with Crippen molar-refractivity contribution in [3.8, 4) is 0 Å². The van der Waals surface area contributed by atoms with Crippen LogP contribution in [0, 0.1) is 0 Å². The lowest BCUT2D eigenvalue weighted by Crippen LogP contribution is -2.49. The predicted octanol–water partition coefficient (Wildman–Crippen LogP) is 0.433. The number of hydrogen-bond acceptors (Lipinski definition) is 5. The number of thiophene rings is 1. The van der Waals surface area contributed by atoms with E-state index in [1.165, 1.54) is 22.8 Å². The highest BCUT2D eigenvalue weighted by Crippen LogP contribution is 2.24. The minimum atomic E-state index is -3.56. The molecular formula is C15H19N4O3S2+. The molecule has 3 rings (SSSR count). The predicted molar refractivity (Wildman–Crippen MR) is 91.7 cm³/mol. The maximum absolute atomic E-state index is 12.7. The molecule has 1 saturated heterocycles. The Balaban J connectivity index is 1.71. The molecule has 1 amide bonds. The van der Waals surface area contributed by atoms with Crippen LogP contribution in [0.2, 0.25) is 0 Å². The van der Waals surface area contributed by atoms with Gasteiger partial charge in [0.2, 0.25) is 10.0 Å². The van der Waals surface area contributed by atoms with Crippen molar-refractivity contribution >= 4 is 33.1 Å². The van der Waals surface area contributed by atoms with Crippen LogP contribution in [0.5, 0.6) is 0 Å². The minimum Gasteiger partial charge on any atom is -0.354 e. The zero-order valence-electron chi connectivity index (χ0n) is 13.2. The first kappa shape index (κ1) is 16.9. The fraction of sp³-hybridized carbons (Fsp3) is 0.333. The molecule has 0 radical (unpaired) electrons. The van der Waals surface area contributed by atoms with Gasteiger partial charge in [-0.05, 0) is 12.1 Å². The van der Waals surface area contributed by atoms with Gasteiger partial charge in [0, 0.05) is 18.5 Å². The van der Waals surface area contributed by atoms with E-state index in [1.807, 2.05) is 24.4 Å². The summed E-state index contributed by atoms with van der Waals surface area (Å²) in [5, 5.41) is 4.03. The topological polar surface area (TPSA) is 83.9 Å². The summed E-state index contributed by atoms with van der Waals surface area (Å²) in [4.78, 5) is 17.5. The molecule has 0 unspecified atom stereocenters. The molecule has 0 spiro atoms. The third kappa shape index (κ3) is 3.28. The van der Waals surface area contributed by atoms with Gasteiger partial charge in [-0.3, -0.25) is 9.69 Å². The first-order chi connectivity index (χ1) is 11.5. The zero-order valence-corrected chi connectivity index (χ0v) is 14.9. The summed E-state index contributed by atoms with van der Waals surface area (Å²) < 4.78 is 26.9. The molecule has 0 bridgehead atoms. The molecule has 0 aliphatic carbocycles. The number of nitrogens with one attached hydrogen (secondary N) is 2. The molecule has 3 heterocycles. The summed E-state index contributed by atoms with van der Waals surface area (Å²) >= 11 is 1.14. The Morgan fingerprint density at radius 1 is 1.25 bits per heavy atom. The number of carbonyl (C=O) groups is 1. The molecule has 1 aliphatic heterocycles. The van der Waals surface area contributed by atoms with E-state index in [1.54, 1.807) is 0 Å². The Kier molecular flexibility index (Phi) is 4.83. The average molecular weight is 367 g/mol. The SMILES string of the molecule is CNC(=O)c1cc(S(=O)(=O)N2CCN(c3cccc[nH+]3)CC2)cs1. The van der Waals surface area contributed by atoms with Crippen LogP contribution in [0.15, 0.2) is 40.7 Å². The van der Waals surface area contributed by atoms with Gasteiger partial charge in [-0.25, -0.2) is 13.4 Å². The van der Waals surface area contributed by atoms with Crippen LogP contribution in [-0.4, -0.2) is 51.9 Å². The number of sulfonamides is 1. The van der Waals surface area contributed by atoms with Gasteiger partial charge in [0.05, 0.1) is 42.1 Å². The number of aromatic nitrogens is 1. The summed E-state index contributed by atoms with van der Waals surface area (Å²) in [6.07, 6.45) is 1.85. The van der Waals surface area contributed by atoms with E-state index in [2.05, 4.69) is 15.2 Å². The second kappa shape index (κ2) is 6.88. The molecule has 2 N–H and O–H groups in total. The standard InChI is InChI=1S/C15H18N4O3S2/c1-16-15(20)13-10-12(11-23-13)24(21,22)19-8-6-18(7-9-19)14-4-2-3-5-17-14/h2-5,10-11H,6-9H2,1H3,(H,16,20)/p+1. The molecule has 0 saturated carbocycles. The highest BCUT2D eigenvalue weighted by molar-refractivity contribution is 7.89. The third-order valence-electron chi connectivity index (χ3n) is 3.94. The fourth-order valence-electron chi connectivity index (χ4n) is 2.60. The highest BCUT2D eigenvalue weighted by Gasteiger charge is 2.32. The van der Waals surface area contributed by atoms with Crippen LogP contribution < -0.4 is 15.2 Å². The maximum Gasteiger partial charge on any atom is 0.274 e. The minimum absolute atomic E-state index is 0.186. The van der Waals surface area contributed by atoms with Gasteiger partial charge in [0.15, 0.2) is 0 Å². The Hall–Kier alpha value is -1.97. The first-order valence-electron chi connectivity index (χ1n) is 7.55. The Morgan fingerprint density at radius 2 is 2.00 bits per heavy atom. The number of anilines is 1. The lowest BCUT2D eigenvalue weighted by atomic mass is 10.3. The average Bonchev–Trinajstić information content (AvgIpc) is 3.13. The highest BCUT2D eigenvalue weighted by atomic mass is 32.2. The largest absolute Gasteiger partial charge is 0.354 e. The quantitative estimate of drug-likeness (QED) is 0.850. The van der Waals surface area contributed by atoms with Crippen molar-refractivity contribution in [1.29, 1.82) is 0 Å². The molecule has 2 aromatic rings. The number of hydrogen-bond donors (Lipinski definition) is 1. The van der Waals surface area contributed by atoms with Crippen LogP contribution in [0.3, 0.4) is 0 Å². The zero-order chi connectivity index (χ0) is 17.2. The molecule has 7 nitrogen and oxygen atoms in total. The fourth-order valence-corrected chi connectivity index (χ4v) is 5.22. The molecular weight excluding hydrogens is 348 g/mol. The summed E-state index contributed by atoms with van der Waals surface area (Å²) in [5.74, 6) is 0.706. The normalized spacial score (nSPS) is 16.1. The van der Waals surface area contributed by atoms with E-state index in [4.69, 9.17) is 0 Å². The maximum atomic E-state index is 12.7. The van der Waals surface area contributed by atoms with Crippen molar-refractivity contribution in [1.82, 2.24) is 9.62 Å². The van der Waals surface area contributed by atoms with E-state index in [9.17, 15) is 13.2 Å². The van der Waals surface area contributed by atoms with Gasteiger partial charge in [0.25, 0.3) is 11.7 Å². The Morgan fingerprint density at radius 3 is 2.62 bits per heavy atom. The van der Waals surface area contributed by atoms with Gasteiger partial charge in [-0.15, -0.1) is 11.3 Å². The van der Waals surface area contributed by atoms with Crippen molar-refractivity contribution in [3.05, 3.63) is 40.7 Å². The molecule has 9 heteroatoms. The molecule has 0 atom stereocenters. The Bertz CT molecular complexity index is 812. The van der Waals surface area contributed by atoms with Crippen molar-refractivity contribution in [3.63, 3.8) is 0 Å². The summed E-state index contributed by atoms with van der Waals surface area (Å²) in [7, 11) is -2.04. The van der Waals surface area contributed by atoms with E-state index < -0.39 is 10.0 Å². The second-order valence-electron chi connectivity index (χ2n) is 5.36. The van der Waals surface area contributed by atoms with Crippen LogP contribution in [-0.2, 0) is 10.0 Å².